The molecule has 1 saturated heterocycles. The Morgan fingerprint density at radius 3 is 2.83 bits per heavy atom. The van der Waals surface area contributed by atoms with E-state index in [1.165, 1.54) is 45.1 Å². The fraction of sp³-hybridized carbons (Fsp3) is 0.200. The van der Waals surface area contributed by atoms with Crippen LogP contribution >= 0.6 is 46.2 Å². The first-order chi connectivity index (χ1) is 20.5. The third-order valence-corrected chi connectivity index (χ3v) is 9.89. The lowest BCUT2D eigenvalue weighted by molar-refractivity contribution is -0.150. The monoisotopic (exact) mass is 643 g/mol. The van der Waals surface area contributed by atoms with E-state index in [9.17, 15) is 24.3 Å². The predicted octanol–water partition coefficient (Wildman–Crippen LogP) is 2.53. The maximum atomic E-state index is 13.3. The number of nitrogens with zero attached hydrogens (tertiary/aromatic N) is 5. The van der Waals surface area contributed by atoms with Gasteiger partial charge in [-0.15, -0.1) is 33.3 Å². The number of fused-ring (bicyclic) bond motifs is 1. The van der Waals surface area contributed by atoms with Crippen LogP contribution < -0.4 is 10.6 Å². The molecule has 0 radical (unpaired) electrons. The van der Waals surface area contributed by atoms with Crippen molar-refractivity contribution in [2.24, 2.45) is 5.16 Å². The van der Waals surface area contributed by atoms with Crippen LogP contribution in [0.3, 0.4) is 0 Å². The van der Waals surface area contributed by atoms with Crippen molar-refractivity contribution < 1.29 is 29.1 Å². The highest BCUT2D eigenvalue weighted by Crippen LogP contribution is 2.41. The summed E-state index contributed by atoms with van der Waals surface area (Å²) >= 11 is 5.12. The van der Waals surface area contributed by atoms with E-state index in [0.717, 1.165) is 16.9 Å². The number of anilines is 1. The zero-order valence-electron chi connectivity index (χ0n) is 21.4. The number of β-lactam (4-membered cyclic amide) rings is 1. The molecule has 5 rings (SSSR count). The lowest BCUT2D eigenvalue weighted by atomic mass is 10.0. The summed E-state index contributed by atoms with van der Waals surface area (Å²) in [5, 5.41) is 27.8. The molecule has 17 heteroatoms. The van der Waals surface area contributed by atoms with Crippen LogP contribution in [-0.4, -0.2) is 84.6 Å². The second-order valence-electron chi connectivity index (χ2n) is 8.46. The second-order valence-corrected chi connectivity index (χ2v) is 12.5. The molecule has 3 aromatic rings. The van der Waals surface area contributed by atoms with E-state index in [4.69, 9.17) is 4.84 Å². The molecule has 0 saturated carbocycles. The van der Waals surface area contributed by atoms with Crippen molar-refractivity contribution >= 4 is 87.3 Å². The van der Waals surface area contributed by atoms with Crippen LogP contribution in [0.5, 0.6) is 0 Å². The Morgan fingerprint density at radius 2 is 2.10 bits per heavy atom. The van der Waals surface area contributed by atoms with Crippen molar-refractivity contribution in [3.63, 3.8) is 0 Å². The lowest BCUT2D eigenvalue weighted by Gasteiger charge is -2.49. The number of carbonyl (C=O) groups excluding carboxylic acids is 3. The van der Waals surface area contributed by atoms with Gasteiger partial charge in [0.1, 0.15) is 34.9 Å². The van der Waals surface area contributed by atoms with E-state index >= 15 is 0 Å². The first-order valence-electron chi connectivity index (χ1n) is 12.1. The van der Waals surface area contributed by atoms with Gasteiger partial charge in [-0.1, -0.05) is 64.7 Å². The molecule has 1 aromatic carbocycles. The van der Waals surface area contributed by atoms with E-state index < -0.39 is 29.2 Å². The van der Waals surface area contributed by atoms with Crippen LogP contribution in [-0.2, 0) is 24.0 Å². The van der Waals surface area contributed by atoms with Gasteiger partial charge in [-0.2, -0.15) is 0 Å². The molecule has 0 spiro atoms. The number of amides is 3. The quantitative estimate of drug-likeness (QED) is 0.0623. The van der Waals surface area contributed by atoms with Crippen molar-refractivity contribution in [2.45, 2.75) is 15.8 Å². The van der Waals surface area contributed by atoms with Crippen molar-refractivity contribution in [3.8, 4) is 0 Å². The van der Waals surface area contributed by atoms with Gasteiger partial charge in [0.15, 0.2) is 15.2 Å². The van der Waals surface area contributed by atoms with E-state index in [0.29, 0.717) is 27.8 Å². The Labute approximate surface area is 255 Å². The SMILES string of the molecule is O=CNc1nc(C(=NOCC=Cc2ccccc2)C(=O)NC2C(=O)N3C(C(=O)O)=C(CSc4nncs4)CS[C@H]23)cs1. The van der Waals surface area contributed by atoms with Gasteiger partial charge in [0.2, 0.25) is 6.41 Å². The zero-order valence-corrected chi connectivity index (χ0v) is 24.7. The van der Waals surface area contributed by atoms with Crippen LogP contribution in [0.4, 0.5) is 5.13 Å². The average molecular weight is 644 g/mol. The normalized spacial score (nSPS) is 18.4. The van der Waals surface area contributed by atoms with Crippen LogP contribution in [0.15, 0.2) is 68.1 Å². The number of aliphatic carboxylic acids is 1. The van der Waals surface area contributed by atoms with Gasteiger partial charge in [-0.3, -0.25) is 19.3 Å². The van der Waals surface area contributed by atoms with Gasteiger partial charge in [0.05, 0.1) is 0 Å². The molecular formula is C25H21N7O6S4. The highest BCUT2D eigenvalue weighted by molar-refractivity contribution is 8.01. The van der Waals surface area contributed by atoms with Gasteiger partial charge in [-0.25, -0.2) is 9.78 Å². The van der Waals surface area contributed by atoms with Crippen molar-refractivity contribution in [1.29, 1.82) is 0 Å². The van der Waals surface area contributed by atoms with Gasteiger partial charge in [0, 0.05) is 16.9 Å². The largest absolute Gasteiger partial charge is 0.477 e. The van der Waals surface area contributed by atoms with Crippen LogP contribution in [0, 0.1) is 0 Å². The first kappa shape index (κ1) is 29.4. The minimum absolute atomic E-state index is 0.0501. The molecule has 0 bridgehead atoms. The van der Waals surface area contributed by atoms with E-state index in [2.05, 4.69) is 31.0 Å². The molecule has 1 unspecified atom stereocenters. The number of aromatic nitrogens is 3. The summed E-state index contributed by atoms with van der Waals surface area (Å²) in [4.78, 5) is 60.2. The summed E-state index contributed by atoms with van der Waals surface area (Å²) < 4.78 is 0.692. The van der Waals surface area contributed by atoms with Crippen LogP contribution in [0.25, 0.3) is 6.08 Å². The summed E-state index contributed by atoms with van der Waals surface area (Å²) in [6.07, 6.45) is 4.02. The molecule has 4 heterocycles. The van der Waals surface area contributed by atoms with Crippen LogP contribution in [0.1, 0.15) is 11.3 Å². The molecule has 13 nitrogen and oxygen atoms in total. The number of carboxylic acids is 1. The Hall–Kier alpha value is -4.06. The van der Waals surface area contributed by atoms with E-state index in [1.54, 1.807) is 11.6 Å². The minimum Gasteiger partial charge on any atom is -0.477 e. The van der Waals surface area contributed by atoms with E-state index in [-0.39, 0.29) is 28.8 Å². The molecule has 3 N–H and O–H groups in total. The number of hydrogen-bond donors (Lipinski definition) is 3. The molecule has 3 amide bonds. The maximum Gasteiger partial charge on any atom is 0.352 e. The van der Waals surface area contributed by atoms with Gasteiger partial charge < -0.3 is 20.6 Å². The number of oxime groups is 1. The highest BCUT2D eigenvalue weighted by Gasteiger charge is 2.54. The fourth-order valence-electron chi connectivity index (χ4n) is 3.98. The zero-order chi connectivity index (χ0) is 29.5. The average Bonchev–Trinajstić information content (AvgIpc) is 3.69. The number of carboxylic acid groups (broad SMARTS) is 1. The second kappa shape index (κ2) is 13.7. The summed E-state index contributed by atoms with van der Waals surface area (Å²) in [7, 11) is 0. The molecule has 0 aliphatic carbocycles. The lowest BCUT2D eigenvalue weighted by Crippen LogP contribution is -2.71. The van der Waals surface area contributed by atoms with Gasteiger partial charge >= 0.3 is 5.97 Å². The molecule has 1 fully saturated rings. The standard InChI is InChI=1S/C25H21N7O6S4/c33-12-26-24-28-16(11-40-24)17(31-38-8-4-7-14-5-2-1-3-6-14)20(34)29-18-21(35)32-19(23(36)37)15(9-39-22(18)32)10-41-25-30-27-13-42-25/h1-7,11-13,18,22H,8-10H2,(H,29,34)(H,36,37)(H,26,28,33)/t18?,22-/m1/s1. The third kappa shape index (κ3) is 6.70. The van der Waals surface area contributed by atoms with E-state index in [1.807, 2.05) is 36.4 Å². The number of hydrogen-bond acceptors (Lipinski definition) is 13. The third-order valence-electron chi connectivity index (χ3n) is 5.83. The number of carbonyl (C=O) groups is 4. The number of thiazole rings is 1. The molecule has 2 aromatic heterocycles. The molecule has 2 atom stereocenters. The summed E-state index contributed by atoms with van der Waals surface area (Å²) in [5.41, 5.74) is 2.98. The predicted molar refractivity (Wildman–Crippen MR) is 160 cm³/mol. The number of thioether (sulfide) groups is 2. The van der Waals surface area contributed by atoms with Crippen molar-refractivity contribution in [3.05, 3.63) is 69.8 Å². The highest BCUT2D eigenvalue weighted by atomic mass is 32.2. The van der Waals surface area contributed by atoms with Gasteiger partial charge in [-0.05, 0) is 17.2 Å². The first-order valence-corrected chi connectivity index (χ1v) is 15.9. The summed E-state index contributed by atoms with van der Waals surface area (Å²) in [5.74, 6) is -1.81. The molecule has 216 valence electrons. The van der Waals surface area contributed by atoms with Crippen molar-refractivity contribution in [1.82, 2.24) is 25.4 Å². The Morgan fingerprint density at radius 1 is 1.26 bits per heavy atom. The Bertz CT molecular complexity index is 1560. The smallest absolute Gasteiger partial charge is 0.352 e. The number of benzene rings is 1. The summed E-state index contributed by atoms with van der Waals surface area (Å²) in [6, 6.07) is 8.56. The molecule has 2 aliphatic heterocycles. The van der Waals surface area contributed by atoms with Gasteiger partial charge in [0.25, 0.3) is 11.8 Å². The summed E-state index contributed by atoms with van der Waals surface area (Å²) in [6.45, 7) is 0.0501. The fourth-order valence-corrected chi connectivity index (χ4v) is 7.60. The minimum atomic E-state index is -1.22. The maximum absolute atomic E-state index is 13.3. The molecule has 2 aliphatic rings. The van der Waals surface area contributed by atoms with Crippen molar-refractivity contribution in [2.75, 3.05) is 23.4 Å². The topological polar surface area (TPSA) is 176 Å². The molecule has 42 heavy (non-hydrogen) atoms. The number of nitrogens with one attached hydrogen (secondary N) is 2. The number of rotatable bonds is 13. The molecular weight excluding hydrogens is 623 g/mol. The Kier molecular flexibility index (Phi) is 9.63. The Balaban J connectivity index is 1.28. The van der Waals surface area contributed by atoms with Crippen LogP contribution in [0.2, 0.25) is 0 Å².